The molecule has 12 aromatic rings. The largest absolute Gasteiger partial charge is 0.310 e. The number of rotatable bonds is 7. The Bertz CT molecular complexity index is 3960. The number of para-hydroxylation sites is 4. The maximum atomic E-state index is 2.52. The van der Waals surface area contributed by atoms with E-state index in [4.69, 9.17) is 0 Å². The summed E-state index contributed by atoms with van der Waals surface area (Å²) in [4.78, 5) is 2.44. The molecule has 2 heteroatoms. The highest BCUT2D eigenvalue weighted by Gasteiger charge is 2.50. The lowest BCUT2D eigenvalue weighted by Crippen LogP contribution is -2.33. The van der Waals surface area contributed by atoms with Gasteiger partial charge < -0.3 is 9.47 Å². The van der Waals surface area contributed by atoms with Crippen molar-refractivity contribution in [2.24, 2.45) is 0 Å². The Morgan fingerprint density at radius 3 is 1.67 bits per heavy atom. The summed E-state index contributed by atoms with van der Waals surface area (Å²) in [5.41, 5.74) is 23.8. The second-order valence-electron chi connectivity index (χ2n) is 18.4. The Labute approximate surface area is 402 Å². The van der Waals surface area contributed by atoms with E-state index in [-0.39, 0.29) is 0 Å². The first-order valence-corrected chi connectivity index (χ1v) is 23.9. The fourth-order valence-corrected chi connectivity index (χ4v) is 11.9. The minimum Gasteiger partial charge on any atom is -0.310 e. The van der Waals surface area contributed by atoms with Gasteiger partial charge in [-0.1, -0.05) is 218 Å². The van der Waals surface area contributed by atoms with Gasteiger partial charge in [-0.25, -0.2) is 0 Å². The van der Waals surface area contributed by atoms with Gasteiger partial charge in [0.05, 0.1) is 27.8 Å². The molecule has 2 aliphatic rings. The fourth-order valence-electron chi connectivity index (χ4n) is 11.9. The SMILES string of the molecule is c1ccc(-c2ccc(N(c3cccc(-c4ccc5c(c4)C4(c6ccccc6-5)c5ccccc5-n5c6ccccc6c6cccc4c65)c3)c3ccccc3-c3ccccc3-c3ccccc3)cc2)cc1. The van der Waals surface area contributed by atoms with Crippen molar-refractivity contribution >= 4 is 38.9 Å². The quantitative estimate of drug-likeness (QED) is 0.155. The van der Waals surface area contributed by atoms with E-state index in [9.17, 15) is 0 Å². The number of fused-ring (bicyclic) bond motifs is 12. The number of anilines is 3. The van der Waals surface area contributed by atoms with Crippen LogP contribution in [0.25, 0.3) is 83.1 Å². The van der Waals surface area contributed by atoms with Crippen LogP contribution in [0.3, 0.4) is 0 Å². The van der Waals surface area contributed by atoms with Gasteiger partial charge in [-0.2, -0.15) is 0 Å². The molecule has 1 aliphatic carbocycles. The molecule has 1 aromatic heterocycles. The molecule has 69 heavy (non-hydrogen) atoms. The van der Waals surface area contributed by atoms with Crippen molar-refractivity contribution in [2.45, 2.75) is 5.41 Å². The van der Waals surface area contributed by atoms with Crippen LogP contribution in [0.4, 0.5) is 17.1 Å². The highest BCUT2D eigenvalue weighted by molar-refractivity contribution is 6.13. The third-order valence-electron chi connectivity index (χ3n) is 14.8. The van der Waals surface area contributed by atoms with E-state index in [2.05, 4.69) is 276 Å². The summed E-state index contributed by atoms with van der Waals surface area (Å²) >= 11 is 0. The van der Waals surface area contributed by atoms with E-state index in [0.29, 0.717) is 0 Å². The summed E-state index contributed by atoms with van der Waals surface area (Å²) in [7, 11) is 0. The van der Waals surface area contributed by atoms with Gasteiger partial charge in [-0.3, -0.25) is 0 Å². The minimum absolute atomic E-state index is 0.530. The van der Waals surface area contributed by atoms with Crippen molar-refractivity contribution in [3.63, 3.8) is 0 Å². The third kappa shape index (κ3) is 5.86. The highest BCUT2D eigenvalue weighted by atomic mass is 15.1. The van der Waals surface area contributed by atoms with Crippen LogP contribution in [-0.2, 0) is 5.41 Å². The molecule has 0 amide bonds. The zero-order valence-corrected chi connectivity index (χ0v) is 37.8. The summed E-state index contributed by atoms with van der Waals surface area (Å²) in [5, 5.41) is 2.57. The maximum Gasteiger partial charge on any atom is 0.0754 e. The molecule has 0 radical (unpaired) electrons. The lowest BCUT2D eigenvalue weighted by Gasteiger charge is -2.39. The van der Waals surface area contributed by atoms with Crippen LogP contribution >= 0.6 is 0 Å². The zero-order valence-electron chi connectivity index (χ0n) is 37.8. The van der Waals surface area contributed by atoms with Crippen molar-refractivity contribution in [1.29, 1.82) is 0 Å². The molecule has 2 nitrogen and oxygen atoms in total. The minimum atomic E-state index is -0.530. The average molecular weight is 877 g/mol. The molecule has 1 spiro atoms. The molecule has 2 heterocycles. The van der Waals surface area contributed by atoms with E-state index in [1.165, 1.54) is 94.3 Å². The summed E-state index contributed by atoms with van der Waals surface area (Å²) in [6.45, 7) is 0. The van der Waals surface area contributed by atoms with E-state index in [1.807, 2.05) is 0 Å². The van der Waals surface area contributed by atoms with Gasteiger partial charge in [0.2, 0.25) is 0 Å². The molecular formula is C67H44N2. The number of aromatic nitrogens is 1. The topological polar surface area (TPSA) is 8.17 Å². The van der Waals surface area contributed by atoms with Crippen LogP contribution in [-0.4, -0.2) is 4.57 Å². The molecule has 1 atom stereocenters. The predicted octanol–water partition coefficient (Wildman–Crippen LogP) is 17.6. The van der Waals surface area contributed by atoms with E-state index in [0.717, 1.165) is 28.2 Å². The number of nitrogens with zero attached hydrogens (tertiary/aromatic N) is 2. The van der Waals surface area contributed by atoms with Gasteiger partial charge in [-0.15, -0.1) is 0 Å². The Hall–Kier alpha value is -8.98. The highest BCUT2D eigenvalue weighted by Crippen LogP contribution is 2.61. The molecule has 0 bridgehead atoms. The Kier molecular flexibility index (Phi) is 8.84. The first-order valence-electron chi connectivity index (χ1n) is 23.9. The Morgan fingerprint density at radius 2 is 0.841 bits per heavy atom. The Morgan fingerprint density at radius 1 is 0.290 bits per heavy atom. The normalized spacial score (nSPS) is 14.1. The standard InChI is InChI=1S/C67H44N2/c1-3-19-45(20-4-1)46-37-40-50(41-38-46)68(63-34-14-10-28-56(63)53-26-8-7-25-52(53)47-21-5-2-6-22-47)51-24-17-23-48(43-51)49-39-42-55-54-27-9-12-31-59(54)67(62(55)44-49)60-32-13-16-36-65(60)69-64-35-15-11-29-57(64)58-30-18-33-61(67)66(58)69/h1-44H. The van der Waals surface area contributed by atoms with Crippen molar-refractivity contribution in [1.82, 2.24) is 4.57 Å². The first-order chi connectivity index (χ1) is 34.3. The van der Waals surface area contributed by atoms with Gasteiger partial charge in [0.15, 0.2) is 0 Å². The average Bonchev–Trinajstić information content (AvgIpc) is 3.92. The van der Waals surface area contributed by atoms with Crippen LogP contribution in [0.5, 0.6) is 0 Å². The van der Waals surface area contributed by atoms with E-state index >= 15 is 0 Å². The van der Waals surface area contributed by atoms with Gasteiger partial charge in [-0.05, 0) is 121 Å². The van der Waals surface area contributed by atoms with Crippen LogP contribution in [0.2, 0.25) is 0 Å². The van der Waals surface area contributed by atoms with Crippen LogP contribution in [0, 0.1) is 0 Å². The second kappa shape index (κ2) is 15.6. The lowest BCUT2D eigenvalue weighted by atomic mass is 9.65. The molecule has 0 fully saturated rings. The lowest BCUT2D eigenvalue weighted by molar-refractivity contribution is 0.749. The van der Waals surface area contributed by atoms with Crippen LogP contribution < -0.4 is 4.90 Å². The molecule has 0 N–H and O–H groups in total. The van der Waals surface area contributed by atoms with Gasteiger partial charge in [0, 0.05) is 27.7 Å². The van der Waals surface area contributed by atoms with E-state index < -0.39 is 5.41 Å². The molecule has 0 saturated carbocycles. The van der Waals surface area contributed by atoms with Crippen molar-refractivity contribution in [2.75, 3.05) is 4.90 Å². The van der Waals surface area contributed by atoms with Crippen molar-refractivity contribution < 1.29 is 0 Å². The van der Waals surface area contributed by atoms with Crippen molar-refractivity contribution in [3.8, 4) is 61.3 Å². The van der Waals surface area contributed by atoms with Gasteiger partial charge in [0.1, 0.15) is 0 Å². The fraction of sp³-hybridized carbons (Fsp3) is 0.0149. The molecule has 1 unspecified atom stereocenters. The van der Waals surface area contributed by atoms with Gasteiger partial charge in [0.25, 0.3) is 0 Å². The van der Waals surface area contributed by atoms with Gasteiger partial charge >= 0.3 is 0 Å². The van der Waals surface area contributed by atoms with Crippen molar-refractivity contribution in [3.05, 3.63) is 289 Å². The number of hydrogen-bond donors (Lipinski definition) is 0. The summed E-state index contributed by atoms with van der Waals surface area (Å²) < 4.78 is 2.52. The monoisotopic (exact) mass is 876 g/mol. The second-order valence-corrected chi connectivity index (χ2v) is 18.4. The molecular weight excluding hydrogens is 833 g/mol. The summed E-state index contributed by atoms with van der Waals surface area (Å²) in [5.74, 6) is 0. The predicted molar refractivity (Wildman–Crippen MR) is 288 cm³/mol. The van der Waals surface area contributed by atoms with Crippen LogP contribution in [0.1, 0.15) is 22.3 Å². The first kappa shape index (κ1) is 39.2. The molecule has 11 aromatic carbocycles. The van der Waals surface area contributed by atoms with E-state index in [1.54, 1.807) is 0 Å². The summed E-state index contributed by atoms with van der Waals surface area (Å²) in [6.07, 6.45) is 0. The third-order valence-corrected chi connectivity index (χ3v) is 14.8. The molecule has 14 rings (SSSR count). The number of benzene rings is 11. The molecule has 1 aliphatic heterocycles. The summed E-state index contributed by atoms with van der Waals surface area (Å²) in [6, 6.07) is 98.6. The number of hydrogen-bond acceptors (Lipinski definition) is 1. The van der Waals surface area contributed by atoms with Crippen LogP contribution in [0.15, 0.2) is 267 Å². The maximum absolute atomic E-state index is 2.52. The Balaban J connectivity index is 0.972. The molecule has 0 saturated heterocycles. The molecule has 322 valence electrons. The smallest absolute Gasteiger partial charge is 0.0754 e. The zero-order chi connectivity index (χ0) is 45.5.